The average Bonchev–Trinajstić information content (AvgIpc) is 2.05. The maximum Gasteiger partial charge on any atom is 0.105 e. The summed E-state index contributed by atoms with van der Waals surface area (Å²) in [6.45, 7) is 1.57. The number of hydrogen-bond acceptors (Lipinski definition) is 2. The van der Waals surface area contributed by atoms with E-state index in [-0.39, 0.29) is 0 Å². The Hall–Kier alpha value is -0.860. The average molecular weight is 152 g/mol. The fraction of sp³-hybridized carbons (Fsp3) is 0.333. The smallest absolute Gasteiger partial charge is 0.105 e. The summed E-state index contributed by atoms with van der Waals surface area (Å²) in [7, 11) is 0. The van der Waals surface area contributed by atoms with Gasteiger partial charge in [-0.05, 0) is 12.5 Å². The highest BCUT2D eigenvalue weighted by Gasteiger charge is 2.11. The Labute approximate surface area is 66.1 Å². The van der Waals surface area contributed by atoms with Crippen molar-refractivity contribution in [2.24, 2.45) is 0 Å². The Bertz CT molecular complexity index is 206. The van der Waals surface area contributed by atoms with Crippen molar-refractivity contribution in [3.63, 3.8) is 0 Å². The highest BCUT2D eigenvalue weighted by Crippen LogP contribution is 2.15. The first kappa shape index (κ1) is 8.24. The van der Waals surface area contributed by atoms with Gasteiger partial charge in [0, 0.05) is 0 Å². The van der Waals surface area contributed by atoms with Crippen LogP contribution in [0.15, 0.2) is 30.3 Å². The van der Waals surface area contributed by atoms with E-state index < -0.39 is 12.2 Å². The molecule has 2 heteroatoms. The number of rotatable bonds is 2. The molecule has 1 rings (SSSR count). The molecule has 0 heterocycles. The monoisotopic (exact) mass is 152 g/mol. The van der Waals surface area contributed by atoms with E-state index in [0.29, 0.717) is 0 Å². The molecule has 0 aliphatic heterocycles. The second kappa shape index (κ2) is 3.51. The highest BCUT2D eigenvalue weighted by molar-refractivity contribution is 5.17. The fourth-order valence-corrected chi connectivity index (χ4v) is 0.929. The number of hydrogen-bond donors (Lipinski definition) is 2. The van der Waals surface area contributed by atoms with Gasteiger partial charge in [-0.1, -0.05) is 30.3 Å². The summed E-state index contributed by atoms with van der Waals surface area (Å²) in [5.41, 5.74) is 0.752. The lowest BCUT2D eigenvalue weighted by atomic mass is 10.1. The Morgan fingerprint density at radius 2 is 1.64 bits per heavy atom. The molecule has 0 spiro atoms. The lowest BCUT2D eigenvalue weighted by Gasteiger charge is -2.12. The summed E-state index contributed by atoms with van der Waals surface area (Å²) in [5, 5.41) is 18.4. The molecule has 1 unspecified atom stereocenters. The Balaban J connectivity index is 2.77. The van der Waals surface area contributed by atoms with Crippen LogP contribution in [-0.2, 0) is 0 Å². The highest BCUT2D eigenvalue weighted by atomic mass is 16.3. The van der Waals surface area contributed by atoms with Crippen LogP contribution >= 0.6 is 0 Å². The predicted molar refractivity (Wildman–Crippen MR) is 43.1 cm³/mol. The maximum absolute atomic E-state index is 9.35. The first-order valence-corrected chi connectivity index (χ1v) is 3.63. The van der Waals surface area contributed by atoms with E-state index in [0.717, 1.165) is 5.56 Å². The zero-order valence-electron chi connectivity index (χ0n) is 6.44. The molecule has 2 N–H and O–H groups in total. The van der Waals surface area contributed by atoms with Gasteiger partial charge in [0.05, 0.1) is 6.10 Å². The van der Waals surface area contributed by atoms with Crippen LogP contribution in [-0.4, -0.2) is 16.3 Å². The minimum atomic E-state index is -0.767. The summed E-state index contributed by atoms with van der Waals surface area (Å²) < 4.78 is 0. The first-order chi connectivity index (χ1) is 5.22. The molecule has 0 radical (unpaired) electrons. The molecule has 0 amide bonds. The molecular formula is C9H12O2. The van der Waals surface area contributed by atoms with Crippen molar-refractivity contribution >= 4 is 0 Å². The van der Waals surface area contributed by atoms with Crippen molar-refractivity contribution in [2.45, 2.75) is 19.1 Å². The second-order valence-corrected chi connectivity index (χ2v) is 2.60. The van der Waals surface area contributed by atoms with Gasteiger partial charge < -0.3 is 10.2 Å². The van der Waals surface area contributed by atoms with Crippen molar-refractivity contribution < 1.29 is 10.2 Å². The molecule has 0 bridgehead atoms. The van der Waals surface area contributed by atoms with E-state index in [1.54, 1.807) is 19.1 Å². The summed E-state index contributed by atoms with van der Waals surface area (Å²) in [4.78, 5) is 0. The van der Waals surface area contributed by atoms with Crippen LogP contribution in [0.4, 0.5) is 0 Å². The molecule has 2 atom stereocenters. The van der Waals surface area contributed by atoms with Crippen LogP contribution in [0.5, 0.6) is 0 Å². The molecule has 0 fully saturated rings. The SMILES string of the molecule is CC(O)[C@H](O)c1ccccc1. The first-order valence-electron chi connectivity index (χ1n) is 3.63. The third kappa shape index (κ3) is 2.03. The summed E-state index contributed by atoms with van der Waals surface area (Å²) in [5.74, 6) is 0. The Morgan fingerprint density at radius 3 is 2.09 bits per heavy atom. The molecule has 0 aromatic heterocycles. The van der Waals surface area contributed by atoms with Crippen molar-refractivity contribution in [3.05, 3.63) is 35.9 Å². The van der Waals surface area contributed by atoms with Crippen molar-refractivity contribution in [3.8, 4) is 0 Å². The minimum absolute atomic E-state index is 0.711. The third-order valence-electron chi connectivity index (χ3n) is 1.60. The van der Waals surface area contributed by atoms with E-state index >= 15 is 0 Å². The zero-order valence-corrected chi connectivity index (χ0v) is 6.44. The molecule has 1 aromatic rings. The van der Waals surface area contributed by atoms with Crippen LogP contribution in [0, 0.1) is 0 Å². The summed E-state index contributed by atoms with van der Waals surface area (Å²) in [6, 6.07) is 9.12. The van der Waals surface area contributed by atoms with Crippen LogP contribution in [0.3, 0.4) is 0 Å². The number of aliphatic hydroxyl groups is 2. The summed E-state index contributed by atoms with van der Waals surface area (Å²) >= 11 is 0. The molecule has 1 aromatic carbocycles. The number of benzene rings is 1. The van der Waals surface area contributed by atoms with Gasteiger partial charge in [-0.25, -0.2) is 0 Å². The van der Waals surface area contributed by atoms with Crippen molar-refractivity contribution in [1.29, 1.82) is 0 Å². The zero-order chi connectivity index (χ0) is 8.27. The van der Waals surface area contributed by atoms with Gasteiger partial charge in [0.25, 0.3) is 0 Å². The second-order valence-electron chi connectivity index (χ2n) is 2.60. The van der Waals surface area contributed by atoms with Crippen LogP contribution in [0.25, 0.3) is 0 Å². The molecule has 11 heavy (non-hydrogen) atoms. The van der Waals surface area contributed by atoms with E-state index in [1.165, 1.54) is 0 Å². The van der Waals surface area contributed by atoms with Crippen LogP contribution in [0.2, 0.25) is 0 Å². The van der Waals surface area contributed by atoms with Crippen LogP contribution in [0.1, 0.15) is 18.6 Å². The number of aliphatic hydroxyl groups excluding tert-OH is 2. The Kier molecular flexibility index (Phi) is 2.63. The quantitative estimate of drug-likeness (QED) is 0.666. The lowest BCUT2D eigenvalue weighted by Crippen LogP contribution is -2.13. The van der Waals surface area contributed by atoms with Gasteiger partial charge in [0.15, 0.2) is 0 Å². The third-order valence-corrected chi connectivity index (χ3v) is 1.60. The molecule has 0 aliphatic rings. The standard InChI is InChI=1S/C9H12O2/c1-7(10)9(11)8-5-3-2-4-6-8/h2-7,9-11H,1H3/t7?,9-/m0/s1. The molecule has 0 saturated heterocycles. The minimum Gasteiger partial charge on any atom is -0.390 e. The van der Waals surface area contributed by atoms with Gasteiger partial charge in [-0.3, -0.25) is 0 Å². The fourth-order valence-electron chi connectivity index (χ4n) is 0.929. The van der Waals surface area contributed by atoms with Gasteiger partial charge in [0.2, 0.25) is 0 Å². The molecule has 0 aliphatic carbocycles. The normalized spacial score (nSPS) is 15.9. The van der Waals surface area contributed by atoms with Gasteiger partial charge >= 0.3 is 0 Å². The van der Waals surface area contributed by atoms with Gasteiger partial charge in [-0.15, -0.1) is 0 Å². The molecule has 0 saturated carbocycles. The van der Waals surface area contributed by atoms with Crippen LogP contribution < -0.4 is 0 Å². The van der Waals surface area contributed by atoms with Gasteiger partial charge in [-0.2, -0.15) is 0 Å². The maximum atomic E-state index is 9.35. The predicted octanol–water partition coefficient (Wildman–Crippen LogP) is 1.10. The van der Waals surface area contributed by atoms with E-state index in [2.05, 4.69) is 0 Å². The summed E-state index contributed by atoms with van der Waals surface area (Å²) in [6.07, 6.45) is -1.48. The molecular weight excluding hydrogens is 140 g/mol. The molecule has 60 valence electrons. The van der Waals surface area contributed by atoms with E-state index in [1.807, 2.05) is 18.2 Å². The van der Waals surface area contributed by atoms with Crippen molar-refractivity contribution in [2.75, 3.05) is 0 Å². The van der Waals surface area contributed by atoms with E-state index in [4.69, 9.17) is 5.11 Å². The largest absolute Gasteiger partial charge is 0.390 e. The van der Waals surface area contributed by atoms with Crippen molar-refractivity contribution in [1.82, 2.24) is 0 Å². The Morgan fingerprint density at radius 1 is 1.09 bits per heavy atom. The van der Waals surface area contributed by atoms with Gasteiger partial charge in [0.1, 0.15) is 6.10 Å². The lowest BCUT2D eigenvalue weighted by molar-refractivity contribution is 0.0305. The van der Waals surface area contributed by atoms with E-state index in [9.17, 15) is 5.11 Å². The molecule has 2 nitrogen and oxygen atoms in total. The topological polar surface area (TPSA) is 40.5 Å².